The van der Waals surface area contributed by atoms with Crippen molar-refractivity contribution in [3.8, 4) is 0 Å². The van der Waals surface area contributed by atoms with Crippen LogP contribution in [0.1, 0.15) is 26.5 Å². The summed E-state index contributed by atoms with van der Waals surface area (Å²) in [6, 6.07) is 13.6. The van der Waals surface area contributed by atoms with Gasteiger partial charge in [0.15, 0.2) is 4.34 Å². The van der Waals surface area contributed by atoms with Gasteiger partial charge in [0.2, 0.25) is 5.13 Å². The van der Waals surface area contributed by atoms with Crippen LogP contribution in [0.3, 0.4) is 0 Å². The standard InChI is InChI=1S/C18H13N5O3S2/c24-15(10-5-1-2-6-11(10)16(25)26)21-17-22-23-18(28-17)27-9-14-19-12-7-3-4-8-13(12)20-14/h1-8H,9H2,(H,19,20)(H,25,26)(H,21,22,24)/p-1. The number of aromatic nitrogens is 4. The number of hydrogen-bond donors (Lipinski definition) is 2. The molecule has 0 saturated carbocycles. The second kappa shape index (κ2) is 7.79. The lowest BCUT2D eigenvalue weighted by Crippen LogP contribution is -2.26. The number of aromatic carboxylic acids is 1. The number of nitrogens with one attached hydrogen (secondary N) is 2. The zero-order chi connectivity index (χ0) is 19.5. The fourth-order valence-corrected chi connectivity index (χ4v) is 4.16. The van der Waals surface area contributed by atoms with Gasteiger partial charge in [-0.05, 0) is 18.2 Å². The quantitative estimate of drug-likeness (QED) is 0.369. The Morgan fingerprint density at radius 3 is 2.61 bits per heavy atom. The Bertz CT molecular complexity index is 1140. The molecular weight excluding hydrogens is 398 g/mol. The van der Waals surface area contributed by atoms with Gasteiger partial charge in [-0.2, -0.15) is 0 Å². The predicted molar refractivity (Wildman–Crippen MR) is 104 cm³/mol. The maximum absolute atomic E-state index is 12.3. The summed E-state index contributed by atoms with van der Waals surface area (Å²) in [5.74, 6) is -0.602. The molecule has 0 radical (unpaired) electrons. The number of aromatic amines is 1. The predicted octanol–water partition coefficient (Wildman–Crippen LogP) is 2.32. The van der Waals surface area contributed by atoms with Gasteiger partial charge >= 0.3 is 0 Å². The summed E-state index contributed by atoms with van der Waals surface area (Å²) >= 11 is 2.64. The van der Waals surface area contributed by atoms with E-state index < -0.39 is 11.9 Å². The Morgan fingerprint density at radius 2 is 1.82 bits per heavy atom. The summed E-state index contributed by atoms with van der Waals surface area (Å²) in [6.07, 6.45) is 0. The SMILES string of the molecule is O=C([O-])c1ccccc1C(=O)Nc1nnc(SCc2nc3ccccc3[nH]2)s1. The Morgan fingerprint density at radius 1 is 1.07 bits per heavy atom. The number of para-hydroxylation sites is 2. The normalized spacial score (nSPS) is 10.9. The number of carboxylic acids is 1. The van der Waals surface area contributed by atoms with E-state index in [0.717, 1.165) is 16.9 Å². The van der Waals surface area contributed by atoms with Crippen LogP contribution in [0.25, 0.3) is 11.0 Å². The van der Waals surface area contributed by atoms with Gasteiger partial charge in [-0.15, -0.1) is 10.2 Å². The average Bonchev–Trinajstić information content (AvgIpc) is 3.32. The summed E-state index contributed by atoms with van der Waals surface area (Å²) in [4.78, 5) is 31.2. The van der Waals surface area contributed by atoms with Crippen molar-refractivity contribution >= 4 is 51.1 Å². The maximum atomic E-state index is 12.3. The van der Waals surface area contributed by atoms with E-state index in [1.807, 2.05) is 24.3 Å². The molecule has 1 amide bonds. The van der Waals surface area contributed by atoms with E-state index in [9.17, 15) is 14.7 Å². The number of hydrogen-bond acceptors (Lipinski definition) is 8. The number of amides is 1. The first-order valence-corrected chi connectivity index (χ1v) is 9.92. The summed E-state index contributed by atoms with van der Waals surface area (Å²) in [7, 11) is 0. The van der Waals surface area contributed by atoms with Gasteiger partial charge in [-0.25, -0.2) is 4.98 Å². The van der Waals surface area contributed by atoms with Crippen LogP contribution in [0.5, 0.6) is 0 Å². The number of imidazole rings is 1. The first-order valence-electron chi connectivity index (χ1n) is 8.12. The summed E-state index contributed by atoms with van der Waals surface area (Å²) in [5.41, 5.74) is 1.70. The Labute approximate surface area is 167 Å². The van der Waals surface area contributed by atoms with Gasteiger partial charge in [-0.1, -0.05) is 53.4 Å². The topological polar surface area (TPSA) is 124 Å². The second-order valence-electron chi connectivity index (χ2n) is 5.65. The molecule has 0 aliphatic heterocycles. The molecule has 4 rings (SSSR count). The number of rotatable bonds is 6. The number of carbonyl (C=O) groups is 2. The first-order chi connectivity index (χ1) is 13.6. The van der Waals surface area contributed by atoms with Crippen LogP contribution in [0, 0.1) is 0 Å². The van der Waals surface area contributed by atoms with E-state index in [1.165, 1.54) is 41.3 Å². The van der Waals surface area contributed by atoms with Gasteiger partial charge < -0.3 is 14.9 Å². The number of carboxylic acid groups (broad SMARTS) is 1. The summed E-state index contributed by atoms with van der Waals surface area (Å²) in [5, 5.41) is 22.0. The summed E-state index contributed by atoms with van der Waals surface area (Å²) in [6.45, 7) is 0. The van der Waals surface area contributed by atoms with Gasteiger partial charge in [0.1, 0.15) is 5.82 Å². The average molecular weight is 410 g/mol. The molecule has 0 atom stereocenters. The Kier molecular flexibility index (Phi) is 5.04. The van der Waals surface area contributed by atoms with Crippen molar-refractivity contribution in [2.45, 2.75) is 10.1 Å². The molecule has 10 heteroatoms. The molecule has 0 spiro atoms. The van der Waals surface area contributed by atoms with Crippen LogP contribution in [0.4, 0.5) is 5.13 Å². The van der Waals surface area contributed by atoms with E-state index in [1.54, 1.807) is 6.07 Å². The molecule has 0 aliphatic carbocycles. The first kappa shape index (κ1) is 18.1. The van der Waals surface area contributed by atoms with Gasteiger partial charge in [-0.3, -0.25) is 10.1 Å². The van der Waals surface area contributed by atoms with Crippen LogP contribution in [-0.4, -0.2) is 32.0 Å². The van der Waals surface area contributed by atoms with Crippen LogP contribution in [-0.2, 0) is 5.75 Å². The molecule has 0 bridgehead atoms. The fraction of sp³-hybridized carbons (Fsp3) is 0.0556. The largest absolute Gasteiger partial charge is 0.545 e. The van der Waals surface area contributed by atoms with Crippen molar-refractivity contribution in [2.75, 3.05) is 5.32 Å². The third-order valence-corrected chi connectivity index (χ3v) is 5.77. The van der Waals surface area contributed by atoms with E-state index in [-0.39, 0.29) is 16.3 Å². The number of fused-ring (bicyclic) bond motifs is 1. The highest BCUT2D eigenvalue weighted by Crippen LogP contribution is 2.28. The Balaban J connectivity index is 1.41. The number of nitrogens with zero attached hydrogens (tertiary/aromatic N) is 3. The smallest absolute Gasteiger partial charge is 0.258 e. The zero-order valence-corrected chi connectivity index (χ0v) is 15.8. The molecular formula is C18H12N5O3S2-. The molecule has 2 aromatic heterocycles. The second-order valence-corrected chi connectivity index (χ2v) is 7.85. The molecule has 0 unspecified atom stereocenters. The molecule has 0 aliphatic rings. The number of anilines is 1. The van der Waals surface area contributed by atoms with E-state index in [2.05, 4.69) is 25.5 Å². The Hall–Kier alpha value is -3.24. The lowest BCUT2D eigenvalue weighted by atomic mass is 10.1. The zero-order valence-electron chi connectivity index (χ0n) is 14.2. The number of benzene rings is 2. The van der Waals surface area contributed by atoms with Crippen molar-refractivity contribution in [1.82, 2.24) is 20.2 Å². The highest BCUT2D eigenvalue weighted by atomic mass is 32.2. The number of thioether (sulfide) groups is 1. The molecule has 140 valence electrons. The fourth-order valence-electron chi connectivity index (χ4n) is 2.55. The monoisotopic (exact) mass is 410 g/mol. The molecule has 8 nitrogen and oxygen atoms in total. The lowest BCUT2D eigenvalue weighted by Gasteiger charge is -2.08. The lowest BCUT2D eigenvalue weighted by molar-refractivity contribution is -0.255. The molecule has 0 saturated heterocycles. The van der Waals surface area contributed by atoms with Gasteiger partial charge in [0, 0.05) is 11.1 Å². The van der Waals surface area contributed by atoms with Gasteiger partial charge in [0.05, 0.1) is 22.8 Å². The molecule has 2 N–H and O–H groups in total. The summed E-state index contributed by atoms with van der Waals surface area (Å²) < 4.78 is 0.656. The van der Waals surface area contributed by atoms with E-state index in [0.29, 0.717) is 10.1 Å². The van der Waals surface area contributed by atoms with Crippen molar-refractivity contribution in [2.24, 2.45) is 0 Å². The van der Waals surface area contributed by atoms with Crippen LogP contribution in [0.2, 0.25) is 0 Å². The molecule has 2 heterocycles. The minimum Gasteiger partial charge on any atom is -0.545 e. The van der Waals surface area contributed by atoms with Gasteiger partial charge in [0.25, 0.3) is 5.91 Å². The number of H-pyrrole nitrogens is 1. The third-order valence-electron chi connectivity index (χ3n) is 3.79. The van der Waals surface area contributed by atoms with Crippen molar-refractivity contribution < 1.29 is 14.7 Å². The highest BCUT2D eigenvalue weighted by Gasteiger charge is 2.14. The third kappa shape index (κ3) is 3.87. The molecule has 0 fully saturated rings. The van der Waals surface area contributed by atoms with Crippen LogP contribution >= 0.6 is 23.1 Å². The molecule has 28 heavy (non-hydrogen) atoms. The minimum absolute atomic E-state index is 0.00850. The van der Waals surface area contributed by atoms with E-state index >= 15 is 0 Å². The molecule has 2 aromatic carbocycles. The molecule has 4 aromatic rings. The minimum atomic E-state index is -1.41. The van der Waals surface area contributed by atoms with Crippen LogP contribution < -0.4 is 10.4 Å². The van der Waals surface area contributed by atoms with Crippen molar-refractivity contribution in [1.29, 1.82) is 0 Å². The van der Waals surface area contributed by atoms with E-state index in [4.69, 9.17) is 0 Å². The van der Waals surface area contributed by atoms with Crippen molar-refractivity contribution in [3.63, 3.8) is 0 Å². The highest BCUT2D eigenvalue weighted by molar-refractivity contribution is 8.00. The maximum Gasteiger partial charge on any atom is 0.258 e. The number of carbonyl (C=O) groups excluding carboxylic acids is 2. The van der Waals surface area contributed by atoms with Crippen LogP contribution in [0.15, 0.2) is 52.9 Å². The van der Waals surface area contributed by atoms with Crippen molar-refractivity contribution in [3.05, 3.63) is 65.5 Å².